The number of amides is 1. The molecular formula is C17H20ClN3O2. The van der Waals surface area contributed by atoms with Crippen LogP contribution >= 0.6 is 11.6 Å². The van der Waals surface area contributed by atoms with Crippen LogP contribution in [0.4, 0.5) is 5.82 Å². The van der Waals surface area contributed by atoms with Crippen LogP contribution < -0.4 is 10.6 Å². The number of pyridine rings is 1. The fraction of sp³-hybridized carbons (Fsp3) is 0.294. The minimum atomic E-state index is -0.177. The second-order valence-electron chi connectivity index (χ2n) is 4.98. The molecule has 1 aromatic heterocycles. The number of aromatic nitrogens is 1. The van der Waals surface area contributed by atoms with Crippen molar-refractivity contribution >= 4 is 23.3 Å². The standard InChI is InChI=1S/C17H20ClN3O2/c1-23-10-4-9-19-16-8-7-14(12-20-16)17(22)21-11-13-5-2-3-6-15(13)18/h2-3,5-8,12H,4,9-11H2,1H3,(H,19,20)(H,21,22). The molecule has 0 spiro atoms. The Morgan fingerprint density at radius 2 is 2.09 bits per heavy atom. The Morgan fingerprint density at radius 1 is 1.26 bits per heavy atom. The molecule has 0 bridgehead atoms. The Labute approximate surface area is 141 Å². The summed E-state index contributed by atoms with van der Waals surface area (Å²) in [6.45, 7) is 1.87. The zero-order valence-electron chi connectivity index (χ0n) is 13.0. The highest BCUT2D eigenvalue weighted by Gasteiger charge is 2.07. The van der Waals surface area contributed by atoms with Gasteiger partial charge in [0.1, 0.15) is 5.82 Å². The average molecular weight is 334 g/mol. The maximum Gasteiger partial charge on any atom is 0.253 e. The molecule has 122 valence electrons. The summed E-state index contributed by atoms with van der Waals surface area (Å²) >= 11 is 6.06. The molecule has 0 unspecified atom stereocenters. The van der Waals surface area contributed by atoms with Crippen molar-refractivity contribution in [2.75, 3.05) is 25.6 Å². The molecule has 0 fully saturated rings. The number of ether oxygens (including phenoxy) is 1. The van der Waals surface area contributed by atoms with Gasteiger partial charge in [0.15, 0.2) is 0 Å². The van der Waals surface area contributed by atoms with Crippen molar-refractivity contribution in [3.8, 4) is 0 Å². The zero-order valence-corrected chi connectivity index (χ0v) is 13.8. The fourth-order valence-corrected chi connectivity index (χ4v) is 2.19. The summed E-state index contributed by atoms with van der Waals surface area (Å²) in [6.07, 6.45) is 2.46. The minimum absolute atomic E-state index is 0.177. The van der Waals surface area contributed by atoms with Gasteiger partial charge in [-0.1, -0.05) is 29.8 Å². The number of carbonyl (C=O) groups is 1. The topological polar surface area (TPSA) is 63.2 Å². The van der Waals surface area contributed by atoms with Crippen molar-refractivity contribution in [1.29, 1.82) is 0 Å². The van der Waals surface area contributed by atoms with Crippen LogP contribution in [0.1, 0.15) is 22.3 Å². The summed E-state index contributed by atoms with van der Waals surface area (Å²) in [5, 5.41) is 6.65. The molecule has 1 amide bonds. The van der Waals surface area contributed by atoms with Gasteiger partial charge in [-0.25, -0.2) is 4.98 Å². The minimum Gasteiger partial charge on any atom is -0.385 e. The van der Waals surface area contributed by atoms with Crippen LogP contribution in [-0.4, -0.2) is 31.2 Å². The quantitative estimate of drug-likeness (QED) is 0.729. The first kappa shape index (κ1) is 17.2. The van der Waals surface area contributed by atoms with E-state index in [0.29, 0.717) is 23.7 Å². The van der Waals surface area contributed by atoms with E-state index in [0.717, 1.165) is 24.3 Å². The van der Waals surface area contributed by atoms with E-state index in [4.69, 9.17) is 16.3 Å². The van der Waals surface area contributed by atoms with Gasteiger partial charge < -0.3 is 15.4 Å². The number of methoxy groups -OCH3 is 1. The van der Waals surface area contributed by atoms with E-state index in [1.54, 1.807) is 31.5 Å². The van der Waals surface area contributed by atoms with Crippen LogP contribution in [0, 0.1) is 0 Å². The Hall–Kier alpha value is -2.11. The van der Waals surface area contributed by atoms with Crippen molar-refractivity contribution in [2.45, 2.75) is 13.0 Å². The van der Waals surface area contributed by atoms with E-state index < -0.39 is 0 Å². The average Bonchev–Trinajstić information content (AvgIpc) is 2.58. The predicted octanol–water partition coefficient (Wildman–Crippen LogP) is 3.11. The number of nitrogens with zero attached hydrogens (tertiary/aromatic N) is 1. The van der Waals surface area contributed by atoms with Crippen LogP contribution in [0.15, 0.2) is 42.6 Å². The van der Waals surface area contributed by atoms with Crippen molar-refractivity contribution < 1.29 is 9.53 Å². The smallest absolute Gasteiger partial charge is 0.253 e. The molecular weight excluding hydrogens is 314 g/mol. The largest absolute Gasteiger partial charge is 0.385 e. The summed E-state index contributed by atoms with van der Waals surface area (Å²) in [6, 6.07) is 11.0. The summed E-state index contributed by atoms with van der Waals surface area (Å²) in [4.78, 5) is 16.3. The van der Waals surface area contributed by atoms with Crippen molar-refractivity contribution in [2.24, 2.45) is 0 Å². The number of nitrogens with one attached hydrogen (secondary N) is 2. The van der Waals surface area contributed by atoms with Gasteiger partial charge in [0.05, 0.1) is 5.56 Å². The van der Waals surface area contributed by atoms with Crippen molar-refractivity contribution in [3.63, 3.8) is 0 Å². The number of benzene rings is 1. The number of halogens is 1. The van der Waals surface area contributed by atoms with Crippen LogP contribution in [-0.2, 0) is 11.3 Å². The number of rotatable bonds is 8. The summed E-state index contributed by atoms with van der Waals surface area (Å²) in [7, 11) is 1.67. The van der Waals surface area contributed by atoms with Crippen molar-refractivity contribution in [1.82, 2.24) is 10.3 Å². The first-order chi connectivity index (χ1) is 11.2. The number of anilines is 1. The maximum atomic E-state index is 12.1. The lowest BCUT2D eigenvalue weighted by atomic mass is 10.2. The third-order valence-corrected chi connectivity index (χ3v) is 3.62. The Bertz CT molecular complexity index is 632. The van der Waals surface area contributed by atoms with E-state index in [1.807, 2.05) is 18.2 Å². The molecule has 5 nitrogen and oxygen atoms in total. The lowest BCUT2D eigenvalue weighted by Crippen LogP contribution is -2.23. The lowest BCUT2D eigenvalue weighted by Gasteiger charge is -2.08. The second kappa shape index (κ2) is 9.12. The molecule has 0 aliphatic heterocycles. The monoisotopic (exact) mass is 333 g/mol. The number of hydrogen-bond donors (Lipinski definition) is 2. The highest BCUT2D eigenvalue weighted by Crippen LogP contribution is 2.14. The van der Waals surface area contributed by atoms with Gasteiger partial charge in [-0.3, -0.25) is 4.79 Å². The molecule has 1 heterocycles. The molecule has 1 aromatic carbocycles. The van der Waals surface area contributed by atoms with E-state index in [1.165, 1.54) is 0 Å². The van der Waals surface area contributed by atoms with Gasteiger partial charge in [0, 0.05) is 38.0 Å². The Morgan fingerprint density at radius 3 is 2.78 bits per heavy atom. The van der Waals surface area contributed by atoms with Gasteiger partial charge in [0.25, 0.3) is 5.91 Å². The molecule has 0 radical (unpaired) electrons. The summed E-state index contributed by atoms with van der Waals surface area (Å²) < 4.78 is 4.98. The van der Waals surface area contributed by atoms with E-state index in [9.17, 15) is 4.79 Å². The molecule has 2 N–H and O–H groups in total. The SMILES string of the molecule is COCCCNc1ccc(C(=O)NCc2ccccc2Cl)cn1. The molecule has 23 heavy (non-hydrogen) atoms. The van der Waals surface area contributed by atoms with Gasteiger partial charge in [-0.05, 0) is 30.2 Å². The normalized spacial score (nSPS) is 10.3. The third-order valence-electron chi connectivity index (χ3n) is 3.25. The van der Waals surface area contributed by atoms with Gasteiger partial charge in [0.2, 0.25) is 0 Å². The molecule has 2 aromatic rings. The van der Waals surface area contributed by atoms with Crippen LogP contribution in [0.2, 0.25) is 5.02 Å². The van der Waals surface area contributed by atoms with Crippen LogP contribution in [0.5, 0.6) is 0 Å². The molecule has 0 saturated carbocycles. The molecule has 2 rings (SSSR count). The zero-order chi connectivity index (χ0) is 16.5. The molecule has 0 atom stereocenters. The molecule has 0 saturated heterocycles. The van der Waals surface area contributed by atoms with E-state index in [-0.39, 0.29) is 5.91 Å². The molecule has 0 aliphatic rings. The highest BCUT2D eigenvalue weighted by atomic mass is 35.5. The first-order valence-corrected chi connectivity index (χ1v) is 7.79. The first-order valence-electron chi connectivity index (χ1n) is 7.41. The van der Waals surface area contributed by atoms with Crippen LogP contribution in [0.3, 0.4) is 0 Å². The third kappa shape index (κ3) is 5.54. The lowest BCUT2D eigenvalue weighted by molar-refractivity contribution is 0.0950. The van der Waals surface area contributed by atoms with E-state index in [2.05, 4.69) is 15.6 Å². The predicted molar refractivity (Wildman–Crippen MR) is 91.8 cm³/mol. The van der Waals surface area contributed by atoms with Crippen LogP contribution in [0.25, 0.3) is 0 Å². The van der Waals surface area contributed by atoms with Gasteiger partial charge in [-0.2, -0.15) is 0 Å². The Balaban J connectivity index is 1.84. The number of hydrogen-bond acceptors (Lipinski definition) is 4. The Kier molecular flexibility index (Phi) is 6.84. The summed E-state index contributed by atoms with van der Waals surface area (Å²) in [5.74, 6) is 0.562. The summed E-state index contributed by atoms with van der Waals surface area (Å²) in [5.41, 5.74) is 1.39. The number of carbonyl (C=O) groups excluding carboxylic acids is 1. The fourth-order valence-electron chi connectivity index (χ4n) is 1.99. The van der Waals surface area contributed by atoms with Gasteiger partial charge >= 0.3 is 0 Å². The second-order valence-corrected chi connectivity index (χ2v) is 5.39. The molecule has 6 heteroatoms. The van der Waals surface area contributed by atoms with E-state index >= 15 is 0 Å². The van der Waals surface area contributed by atoms with Gasteiger partial charge in [-0.15, -0.1) is 0 Å². The highest BCUT2D eigenvalue weighted by molar-refractivity contribution is 6.31. The molecule has 0 aliphatic carbocycles. The maximum absolute atomic E-state index is 12.1. The van der Waals surface area contributed by atoms with Crippen molar-refractivity contribution in [3.05, 3.63) is 58.7 Å².